The van der Waals surface area contributed by atoms with E-state index in [-0.39, 0.29) is 0 Å². The highest BCUT2D eigenvalue weighted by Crippen LogP contribution is 2.29. The van der Waals surface area contributed by atoms with Crippen LogP contribution in [0.2, 0.25) is 0 Å². The molecule has 0 unspecified atom stereocenters. The van der Waals surface area contributed by atoms with Gasteiger partial charge in [0.1, 0.15) is 0 Å². The second-order valence-corrected chi connectivity index (χ2v) is 6.05. The minimum absolute atomic E-state index is 0.520. The third kappa shape index (κ3) is 4.87. The Kier molecular flexibility index (Phi) is 5.60. The number of alkyl halides is 3. The molecular weight excluding hydrogens is 309 g/mol. The molecule has 22 heavy (non-hydrogen) atoms. The van der Waals surface area contributed by atoms with Crippen LogP contribution in [0.5, 0.6) is 0 Å². The summed E-state index contributed by atoms with van der Waals surface area (Å²) in [5.74, 6) is 0. The first-order chi connectivity index (χ1) is 10.5. The number of aryl methyl sites for hydroxylation is 1. The van der Waals surface area contributed by atoms with E-state index in [1.807, 2.05) is 6.07 Å². The molecule has 0 aliphatic heterocycles. The van der Waals surface area contributed by atoms with E-state index >= 15 is 0 Å². The summed E-state index contributed by atoms with van der Waals surface area (Å²) in [5.41, 5.74) is 2.59. The Morgan fingerprint density at radius 3 is 2.50 bits per heavy atom. The summed E-state index contributed by atoms with van der Waals surface area (Å²) < 4.78 is 37.3. The normalized spacial score (nSPS) is 12.0. The molecule has 2 aromatic rings. The van der Waals surface area contributed by atoms with Crippen molar-refractivity contribution in [1.82, 2.24) is 0 Å². The number of benzene rings is 1. The van der Waals surface area contributed by atoms with Crippen molar-refractivity contribution >= 4 is 23.2 Å². The summed E-state index contributed by atoms with van der Waals surface area (Å²) in [7, 11) is 0. The third-order valence-corrected chi connectivity index (χ3v) is 4.14. The number of nitrogens with zero attached hydrogens (tertiary/aromatic N) is 1. The fourth-order valence-electron chi connectivity index (χ4n) is 1.85. The van der Waals surface area contributed by atoms with E-state index in [1.165, 1.54) is 23.4 Å². The molecular formula is C16H17F3N2S. The van der Waals surface area contributed by atoms with Crippen LogP contribution in [0, 0.1) is 0 Å². The zero-order valence-electron chi connectivity index (χ0n) is 12.2. The maximum Gasteiger partial charge on any atom is 0.416 e. The number of thiophene rings is 1. The van der Waals surface area contributed by atoms with E-state index in [2.05, 4.69) is 23.5 Å². The minimum atomic E-state index is -4.31. The highest BCUT2D eigenvalue weighted by Gasteiger charge is 2.29. The summed E-state index contributed by atoms with van der Waals surface area (Å²) in [5, 5.41) is 4.05. The van der Waals surface area contributed by atoms with Gasteiger partial charge in [0.05, 0.1) is 17.5 Å². The van der Waals surface area contributed by atoms with Gasteiger partial charge >= 0.3 is 6.18 Å². The van der Waals surface area contributed by atoms with Crippen LogP contribution in [0.4, 0.5) is 18.9 Å². The van der Waals surface area contributed by atoms with Crippen molar-refractivity contribution in [3.8, 4) is 0 Å². The van der Waals surface area contributed by atoms with Gasteiger partial charge in [-0.3, -0.25) is 5.43 Å². The average molecular weight is 326 g/mol. The van der Waals surface area contributed by atoms with E-state index < -0.39 is 11.7 Å². The monoisotopic (exact) mass is 326 g/mol. The van der Waals surface area contributed by atoms with Gasteiger partial charge in [0.25, 0.3) is 0 Å². The molecule has 0 aliphatic rings. The van der Waals surface area contributed by atoms with Crippen LogP contribution in [0.25, 0.3) is 0 Å². The van der Waals surface area contributed by atoms with E-state index in [9.17, 15) is 13.2 Å². The maximum absolute atomic E-state index is 12.4. The molecule has 0 radical (unpaired) electrons. The van der Waals surface area contributed by atoms with Crippen LogP contribution >= 0.6 is 11.3 Å². The van der Waals surface area contributed by atoms with Crippen LogP contribution in [0.15, 0.2) is 41.5 Å². The average Bonchev–Trinajstić information content (AvgIpc) is 2.92. The Morgan fingerprint density at radius 2 is 1.86 bits per heavy atom. The first kappa shape index (κ1) is 16.5. The number of hydrogen-bond donors (Lipinski definition) is 1. The highest BCUT2D eigenvalue weighted by atomic mass is 32.1. The van der Waals surface area contributed by atoms with E-state index in [0.717, 1.165) is 29.9 Å². The molecule has 6 heteroatoms. The number of hydrazone groups is 1. The molecule has 0 spiro atoms. The van der Waals surface area contributed by atoms with Crippen LogP contribution in [0.3, 0.4) is 0 Å². The summed E-state index contributed by atoms with van der Waals surface area (Å²) in [4.78, 5) is 2.34. The number of unbranched alkanes of at least 4 members (excludes halogenated alkanes) is 1. The molecule has 0 amide bonds. The number of hydrogen-bond acceptors (Lipinski definition) is 3. The van der Waals surface area contributed by atoms with Crippen LogP contribution in [-0.4, -0.2) is 6.21 Å². The van der Waals surface area contributed by atoms with Crippen molar-refractivity contribution in [1.29, 1.82) is 0 Å². The molecule has 1 N–H and O–H groups in total. The first-order valence-corrected chi connectivity index (χ1v) is 7.85. The Bertz CT molecular complexity index is 615. The molecule has 2 rings (SSSR count). The van der Waals surface area contributed by atoms with Crippen molar-refractivity contribution in [2.75, 3.05) is 5.43 Å². The molecule has 0 fully saturated rings. The number of anilines is 1. The Balaban J connectivity index is 1.90. The molecule has 2 nitrogen and oxygen atoms in total. The lowest BCUT2D eigenvalue weighted by molar-refractivity contribution is -0.137. The zero-order chi connectivity index (χ0) is 16.0. The lowest BCUT2D eigenvalue weighted by atomic mass is 10.2. The minimum Gasteiger partial charge on any atom is -0.278 e. The quantitative estimate of drug-likeness (QED) is 0.546. The van der Waals surface area contributed by atoms with E-state index in [1.54, 1.807) is 17.6 Å². The van der Waals surface area contributed by atoms with Gasteiger partial charge < -0.3 is 0 Å². The van der Waals surface area contributed by atoms with Gasteiger partial charge in [0.15, 0.2) is 0 Å². The van der Waals surface area contributed by atoms with Crippen LogP contribution in [-0.2, 0) is 12.6 Å². The van der Waals surface area contributed by atoms with Crippen molar-refractivity contribution in [2.24, 2.45) is 5.10 Å². The molecule has 1 aromatic carbocycles. The van der Waals surface area contributed by atoms with Crippen molar-refractivity contribution in [3.05, 3.63) is 51.7 Å². The van der Waals surface area contributed by atoms with Crippen molar-refractivity contribution in [3.63, 3.8) is 0 Å². The van der Waals surface area contributed by atoms with Gasteiger partial charge in [0, 0.05) is 9.75 Å². The first-order valence-electron chi connectivity index (χ1n) is 7.04. The molecule has 0 bridgehead atoms. The Morgan fingerprint density at radius 1 is 1.14 bits per heavy atom. The van der Waals surface area contributed by atoms with E-state index in [0.29, 0.717) is 5.69 Å². The number of nitrogens with one attached hydrogen (secondary N) is 1. The lowest BCUT2D eigenvalue weighted by Crippen LogP contribution is -2.04. The van der Waals surface area contributed by atoms with Gasteiger partial charge in [-0.15, -0.1) is 11.3 Å². The fraction of sp³-hybridized carbons (Fsp3) is 0.312. The van der Waals surface area contributed by atoms with Gasteiger partial charge in [-0.2, -0.15) is 18.3 Å². The second-order valence-electron chi connectivity index (χ2n) is 4.85. The highest BCUT2D eigenvalue weighted by molar-refractivity contribution is 7.13. The summed E-state index contributed by atoms with van der Waals surface area (Å²) in [6.07, 6.45) is 0.768. The smallest absolute Gasteiger partial charge is 0.278 e. The number of rotatable bonds is 6. The van der Waals surface area contributed by atoms with Crippen LogP contribution < -0.4 is 5.43 Å². The molecule has 1 aromatic heterocycles. The molecule has 0 atom stereocenters. The van der Waals surface area contributed by atoms with Gasteiger partial charge in [-0.25, -0.2) is 0 Å². The molecule has 1 heterocycles. The van der Waals surface area contributed by atoms with Gasteiger partial charge in [-0.1, -0.05) is 13.3 Å². The van der Waals surface area contributed by atoms with Gasteiger partial charge in [0.2, 0.25) is 0 Å². The van der Waals surface area contributed by atoms with Crippen LogP contribution in [0.1, 0.15) is 35.1 Å². The van der Waals surface area contributed by atoms with Gasteiger partial charge in [-0.05, 0) is 49.2 Å². The number of halogens is 3. The molecule has 0 saturated heterocycles. The SMILES string of the molecule is CCCCc1ccc(/C=N\Nc2ccc(C(F)(F)F)cc2)s1. The third-order valence-electron chi connectivity index (χ3n) is 3.06. The largest absolute Gasteiger partial charge is 0.416 e. The molecule has 0 saturated carbocycles. The van der Waals surface area contributed by atoms with Crippen molar-refractivity contribution < 1.29 is 13.2 Å². The summed E-state index contributed by atoms with van der Waals surface area (Å²) >= 11 is 1.68. The van der Waals surface area contributed by atoms with E-state index in [4.69, 9.17) is 0 Å². The Labute approximate surface area is 131 Å². The van der Waals surface area contributed by atoms with Crippen molar-refractivity contribution in [2.45, 2.75) is 32.4 Å². The molecule has 0 aliphatic carbocycles. The topological polar surface area (TPSA) is 24.4 Å². The molecule has 118 valence electrons. The summed E-state index contributed by atoms with van der Waals surface area (Å²) in [6, 6.07) is 8.87. The summed E-state index contributed by atoms with van der Waals surface area (Å²) in [6.45, 7) is 2.16. The zero-order valence-corrected chi connectivity index (χ0v) is 13.0. The standard InChI is InChI=1S/C16H17F3N2S/c1-2-3-4-14-9-10-15(22-14)11-20-21-13-7-5-12(6-8-13)16(17,18)19/h5-11,21H,2-4H2,1H3/b20-11-. The maximum atomic E-state index is 12.4. The lowest BCUT2D eigenvalue weighted by Gasteiger charge is -2.06. The Hall–Kier alpha value is -1.82. The predicted molar refractivity (Wildman–Crippen MR) is 85.6 cm³/mol. The fourth-order valence-corrected chi connectivity index (χ4v) is 2.78. The predicted octanol–water partition coefficient (Wildman–Crippen LogP) is 5.56. The second kappa shape index (κ2) is 7.45.